The van der Waals surface area contributed by atoms with Crippen LogP contribution in [0.1, 0.15) is 0 Å². The number of hydrogen-bond donors (Lipinski definition) is 0. The van der Waals surface area contributed by atoms with Crippen LogP contribution < -0.4 is 10.2 Å². The first-order valence-electron chi connectivity index (χ1n) is 16.2. The van der Waals surface area contributed by atoms with Gasteiger partial charge < -0.3 is 10.2 Å². The number of rotatable bonds is 4. The van der Waals surface area contributed by atoms with Crippen molar-refractivity contribution in [2.24, 2.45) is 0 Å². The van der Waals surface area contributed by atoms with Crippen molar-refractivity contribution < 1.29 is 27.3 Å². The maximum absolute atomic E-state index is 12.6. The fraction of sp³-hybridized carbons (Fsp3) is 0. The van der Waals surface area contributed by atoms with Gasteiger partial charge >= 0.3 is 17.1 Å². The summed E-state index contributed by atoms with van der Waals surface area (Å²) in [4.78, 5) is 7.57. The van der Waals surface area contributed by atoms with Gasteiger partial charge in [-0.3, -0.25) is 9.97 Å². The van der Waals surface area contributed by atoms with Crippen LogP contribution in [0.2, 0.25) is 0 Å². The Morgan fingerprint density at radius 1 is 0.255 bits per heavy atom. The number of aromatic nitrogens is 2. The monoisotopic (exact) mass is 704 g/mol. The fourth-order valence-corrected chi connectivity index (χ4v) is 5.08. The maximum Gasteiger partial charge on any atom is 2.00 e. The van der Waals surface area contributed by atoms with Gasteiger partial charge in [0.2, 0.25) is 0 Å². The topological polar surface area (TPSA) is 71.9 Å². The van der Waals surface area contributed by atoms with E-state index in [0.29, 0.717) is 0 Å². The normalized spacial score (nSPS) is 9.57. The molecule has 6 aromatic carbocycles. The van der Waals surface area contributed by atoms with Crippen molar-refractivity contribution in [1.29, 1.82) is 0 Å². The van der Waals surface area contributed by atoms with Gasteiger partial charge in [-0.1, -0.05) is 181 Å². The van der Waals surface area contributed by atoms with Gasteiger partial charge in [0.05, 0.1) is 0 Å². The van der Waals surface area contributed by atoms with Gasteiger partial charge in [-0.2, -0.15) is 0 Å². The molecule has 8 aromatic rings. The summed E-state index contributed by atoms with van der Waals surface area (Å²) in [5.74, 6) is 0.166. The first kappa shape index (κ1) is 37.6. The Labute approximate surface area is 310 Å². The summed E-state index contributed by atoms with van der Waals surface area (Å²) in [6.45, 7) is 0. The van der Waals surface area contributed by atoms with Crippen LogP contribution in [-0.2, 0) is 17.1 Å². The molecule has 0 saturated carbocycles. The molecule has 0 aliphatic heterocycles. The van der Waals surface area contributed by atoms with Crippen LogP contribution in [0.3, 0.4) is 0 Å². The zero-order valence-electron chi connectivity index (χ0n) is 27.8. The number of hydrogen-bond acceptors (Lipinski definition) is 4. The molecule has 0 saturated heterocycles. The zero-order valence-corrected chi connectivity index (χ0v) is 29.0. The SMILES string of the molecule is [Fe+2].[O-]c1c(-c2ccccc2)cccc1-c1ccccc1.[O-]c1c(-c2ccccc2)cccc1-c1ccccc1.c1ccncc1.c1ccncc1. The maximum atomic E-state index is 12.6. The number of benzene rings is 6. The van der Waals surface area contributed by atoms with E-state index in [-0.39, 0.29) is 28.6 Å². The van der Waals surface area contributed by atoms with Gasteiger partial charge in [0, 0.05) is 24.8 Å². The van der Waals surface area contributed by atoms with Gasteiger partial charge in [0.25, 0.3) is 0 Å². The van der Waals surface area contributed by atoms with Gasteiger partial charge in [0.1, 0.15) is 0 Å². The molecule has 0 aliphatic rings. The van der Waals surface area contributed by atoms with Gasteiger partial charge in [-0.05, 0) is 68.8 Å². The summed E-state index contributed by atoms with van der Waals surface area (Å²) < 4.78 is 0. The Kier molecular flexibility index (Phi) is 15.4. The molecule has 250 valence electrons. The third-order valence-corrected chi connectivity index (χ3v) is 7.50. The molecule has 0 bridgehead atoms. The van der Waals surface area contributed by atoms with E-state index in [2.05, 4.69) is 9.97 Å². The summed E-state index contributed by atoms with van der Waals surface area (Å²) in [6, 6.07) is 61.9. The molecule has 5 heteroatoms. The molecule has 0 unspecified atom stereocenters. The Balaban J connectivity index is 0.000000171. The van der Waals surface area contributed by atoms with Crippen molar-refractivity contribution in [3.05, 3.63) is 219 Å². The van der Waals surface area contributed by atoms with Gasteiger partial charge in [-0.25, -0.2) is 0 Å². The predicted molar refractivity (Wildman–Crippen MR) is 202 cm³/mol. The van der Waals surface area contributed by atoms with Crippen LogP contribution >= 0.6 is 0 Å². The number of para-hydroxylation sites is 2. The summed E-state index contributed by atoms with van der Waals surface area (Å²) >= 11 is 0. The Bertz CT molecular complexity index is 1780. The molecule has 4 nitrogen and oxygen atoms in total. The Hall–Kier alpha value is -6.26. The van der Waals surface area contributed by atoms with Gasteiger partial charge in [0.15, 0.2) is 0 Å². The molecular formula is C46H36FeN2O2. The van der Waals surface area contributed by atoms with E-state index < -0.39 is 0 Å². The van der Waals surface area contributed by atoms with Gasteiger partial charge in [-0.15, -0.1) is 0 Å². The average molecular weight is 705 g/mol. The van der Waals surface area contributed by atoms with Crippen molar-refractivity contribution in [2.75, 3.05) is 0 Å². The summed E-state index contributed by atoms with van der Waals surface area (Å²) in [5.41, 5.74) is 6.86. The molecule has 51 heavy (non-hydrogen) atoms. The van der Waals surface area contributed by atoms with Crippen LogP contribution in [0.4, 0.5) is 0 Å². The molecule has 0 amide bonds. The van der Waals surface area contributed by atoms with Crippen LogP contribution in [-0.4, -0.2) is 9.97 Å². The molecule has 0 fully saturated rings. The molecular weight excluding hydrogens is 668 g/mol. The van der Waals surface area contributed by atoms with Crippen LogP contribution in [0.25, 0.3) is 44.5 Å². The first-order chi connectivity index (χ1) is 24.7. The minimum absolute atomic E-state index is 0. The molecule has 2 heterocycles. The van der Waals surface area contributed by atoms with E-state index >= 15 is 0 Å². The minimum Gasteiger partial charge on any atom is -0.872 e. The van der Waals surface area contributed by atoms with E-state index in [1.165, 1.54) is 0 Å². The van der Waals surface area contributed by atoms with Crippen LogP contribution in [0.5, 0.6) is 11.5 Å². The summed E-state index contributed by atoms with van der Waals surface area (Å²) in [6.07, 6.45) is 7.00. The van der Waals surface area contributed by atoms with E-state index in [4.69, 9.17) is 0 Å². The van der Waals surface area contributed by atoms with E-state index in [0.717, 1.165) is 44.5 Å². The molecule has 8 rings (SSSR count). The first-order valence-corrected chi connectivity index (χ1v) is 16.2. The predicted octanol–water partition coefficient (Wildman–Crippen LogP) is 10.3. The molecule has 0 radical (unpaired) electrons. The third kappa shape index (κ3) is 11.4. The minimum atomic E-state index is 0. The smallest absolute Gasteiger partial charge is 0.872 e. The largest absolute Gasteiger partial charge is 2.00 e. The van der Waals surface area contributed by atoms with Crippen LogP contribution in [0, 0.1) is 0 Å². The second-order valence-corrected chi connectivity index (χ2v) is 10.9. The number of pyridine rings is 2. The molecule has 0 spiro atoms. The molecule has 2 aromatic heterocycles. The second-order valence-electron chi connectivity index (χ2n) is 10.9. The average Bonchev–Trinajstić information content (AvgIpc) is 3.21. The van der Waals surface area contributed by atoms with E-state index in [1.807, 2.05) is 194 Å². The van der Waals surface area contributed by atoms with Crippen molar-refractivity contribution in [3.63, 3.8) is 0 Å². The van der Waals surface area contributed by atoms with Crippen molar-refractivity contribution in [2.45, 2.75) is 0 Å². The summed E-state index contributed by atoms with van der Waals surface area (Å²) in [7, 11) is 0. The Morgan fingerprint density at radius 2 is 0.471 bits per heavy atom. The van der Waals surface area contributed by atoms with Crippen molar-refractivity contribution in [1.82, 2.24) is 9.97 Å². The second kappa shape index (κ2) is 21.0. The summed E-state index contributed by atoms with van der Waals surface area (Å²) in [5, 5.41) is 25.1. The number of nitrogens with zero attached hydrogens (tertiary/aromatic N) is 2. The standard InChI is InChI=1S/2C18H14O.2C5H5N.Fe/c2*19-18-16(14-8-3-1-4-9-14)12-7-13-17(18)15-10-5-2-6-11-15;2*1-2-4-6-5-3-1;/h2*1-13,19H;2*1-5H;/q;;;;+2/p-2. The quantitative estimate of drug-likeness (QED) is 0.171. The zero-order chi connectivity index (χ0) is 34.6. The van der Waals surface area contributed by atoms with Crippen LogP contribution in [0.15, 0.2) is 219 Å². The van der Waals surface area contributed by atoms with Crippen molar-refractivity contribution in [3.8, 4) is 56.0 Å². The third-order valence-electron chi connectivity index (χ3n) is 7.50. The van der Waals surface area contributed by atoms with E-state index in [9.17, 15) is 10.2 Å². The molecule has 0 aliphatic carbocycles. The van der Waals surface area contributed by atoms with Crippen molar-refractivity contribution >= 4 is 0 Å². The van der Waals surface area contributed by atoms with E-state index in [1.54, 1.807) is 24.8 Å². The molecule has 0 atom stereocenters. The fourth-order valence-electron chi connectivity index (χ4n) is 5.08. The Morgan fingerprint density at radius 3 is 0.647 bits per heavy atom. The molecule has 0 N–H and O–H groups in total.